The number of carbonyl (C=O) groups is 1. The zero-order chi connectivity index (χ0) is 11.6. The summed E-state index contributed by atoms with van der Waals surface area (Å²) in [6.45, 7) is 1.01. The predicted octanol–water partition coefficient (Wildman–Crippen LogP) is 1.65. The third kappa shape index (κ3) is 5.36. The molecule has 4 nitrogen and oxygen atoms in total. The van der Waals surface area contributed by atoms with Crippen molar-refractivity contribution < 1.29 is 19.0 Å². The Kier molecular flexibility index (Phi) is 6.03. The fraction of sp³-hybridized carbons (Fsp3) is 0.417. The van der Waals surface area contributed by atoms with Gasteiger partial charge in [-0.25, -0.2) is 0 Å². The molecule has 0 aliphatic carbocycles. The number of benzene rings is 1. The third-order valence-corrected chi connectivity index (χ3v) is 1.87. The summed E-state index contributed by atoms with van der Waals surface area (Å²) in [7, 11) is 1.55. The Labute approximate surface area is 95.1 Å². The molecular weight excluding hydrogens is 208 g/mol. The van der Waals surface area contributed by atoms with Crippen LogP contribution in [0.15, 0.2) is 30.3 Å². The fourth-order valence-corrected chi connectivity index (χ4v) is 1.09. The highest BCUT2D eigenvalue weighted by atomic mass is 16.6. The van der Waals surface area contributed by atoms with E-state index in [-0.39, 0.29) is 19.0 Å². The number of para-hydroxylation sites is 1. The highest BCUT2D eigenvalue weighted by Crippen LogP contribution is 2.07. The number of rotatable bonds is 7. The van der Waals surface area contributed by atoms with Gasteiger partial charge in [-0.3, -0.25) is 4.79 Å². The van der Waals surface area contributed by atoms with Crippen LogP contribution >= 0.6 is 0 Å². The average molecular weight is 224 g/mol. The van der Waals surface area contributed by atoms with Crippen molar-refractivity contribution >= 4 is 5.97 Å². The summed E-state index contributed by atoms with van der Waals surface area (Å²) < 4.78 is 15.0. The molecular formula is C12H16O4. The van der Waals surface area contributed by atoms with Gasteiger partial charge in [0.05, 0.1) is 13.0 Å². The Morgan fingerprint density at radius 1 is 1.12 bits per heavy atom. The molecule has 4 heteroatoms. The van der Waals surface area contributed by atoms with Crippen LogP contribution in [0.3, 0.4) is 0 Å². The summed E-state index contributed by atoms with van der Waals surface area (Å²) in [5, 5.41) is 0. The van der Waals surface area contributed by atoms with E-state index in [0.717, 1.165) is 5.75 Å². The topological polar surface area (TPSA) is 44.8 Å². The normalized spacial score (nSPS) is 9.81. The van der Waals surface area contributed by atoms with Crippen LogP contribution < -0.4 is 4.74 Å². The van der Waals surface area contributed by atoms with Crippen LogP contribution in [0.25, 0.3) is 0 Å². The Balaban J connectivity index is 2.06. The van der Waals surface area contributed by atoms with E-state index in [1.165, 1.54) is 0 Å². The van der Waals surface area contributed by atoms with Crippen LogP contribution in [0.4, 0.5) is 0 Å². The minimum Gasteiger partial charge on any atom is -0.490 e. The molecule has 0 saturated carbocycles. The summed E-state index contributed by atoms with van der Waals surface area (Å²) in [6, 6.07) is 9.40. The number of hydrogen-bond acceptors (Lipinski definition) is 4. The van der Waals surface area contributed by atoms with Gasteiger partial charge in [0.2, 0.25) is 0 Å². The number of hydrogen-bond donors (Lipinski definition) is 0. The van der Waals surface area contributed by atoms with Gasteiger partial charge in [-0.05, 0) is 12.1 Å². The van der Waals surface area contributed by atoms with E-state index in [2.05, 4.69) is 0 Å². The molecule has 0 bridgehead atoms. The van der Waals surface area contributed by atoms with Crippen molar-refractivity contribution in [1.29, 1.82) is 0 Å². The van der Waals surface area contributed by atoms with Crippen LogP contribution in [-0.4, -0.2) is 32.9 Å². The third-order valence-electron chi connectivity index (χ3n) is 1.87. The average Bonchev–Trinajstić information content (AvgIpc) is 2.33. The first kappa shape index (κ1) is 12.5. The van der Waals surface area contributed by atoms with Gasteiger partial charge in [-0.1, -0.05) is 18.2 Å². The predicted molar refractivity (Wildman–Crippen MR) is 59.4 cm³/mol. The zero-order valence-corrected chi connectivity index (χ0v) is 9.35. The van der Waals surface area contributed by atoms with Gasteiger partial charge in [0.25, 0.3) is 0 Å². The first-order chi connectivity index (χ1) is 7.83. The van der Waals surface area contributed by atoms with E-state index in [1.54, 1.807) is 7.11 Å². The summed E-state index contributed by atoms with van der Waals surface area (Å²) in [5.74, 6) is 0.508. The summed E-state index contributed by atoms with van der Waals surface area (Å²) in [6.07, 6.45) is 0.280. The molecule has 0 atom stereocenters. The molecule has 0 spiro atoms. The van der Waals surface area contributed by atoms with Crippen molar-refractivity contribution in [2.45, 2.75) is 6.42 Å². The molecule has 88 valence electrons. The van der Waals surface area contributed by atoms with E-state index in [4.69, 9.17) is 14.2 Å². The van der Waals surface area contributed by atoms with E-state index in [0.29, 0.717) is 13.2 Å². The second-order valence-electron chi connectivity index (χ2n) is 3.12. The van der Waals surface area contributed by atoms with Crippen molar-refractivity contribution in [1.82, 2.24) is 0 Å². The highest BCUT2D eigenvalue weighted by Gasteiger charge is 2.01. The second kappa shape index (κ2) is 7.70. The summed E-state index contributed by atoms with van der Waals surface area (Å²) in [4.78, 5) is 11.1. The minimum absolute atomic E-state index is 0.261. The maximum atomic E-state index is 11.1. The van der Waals surface area contributed by atoms with Crippen molar-refractivity contribution in [3.8, 4) is 5.75 Å². The van der Waals surface area contributed by atoms with E-state index in [9.17, 15) is 4.79 Å². The van der Waals surface area contributed by atoms with Crippen molar-refractivity contribution in [3.05, 3.63) is 30.3 Å². The van der Waals surface area contributed by atoms with E-state index in [1.807, 2.05) is 30.3 Å². The summed E-state index contributed by atoms with van der Waals surface area (Å²) in [5.41, 5.74) is 0. The molecule has 1 rings (SSSR count). The molecule has 0 fully saturated rings. The van der Waals surface area contributed by atoms with Crippen molar-refractivity contribution in [2.75, 3.05) is 26.9 Å². The van der Waals surface area contributed by atoms with Gasteiger partial charge in [0, 0.05) is 7.11 Å². The van der Waals surface area contributed by atoms with Gasteiger partial charge in [-0.2, -0.15) is 0 Å². The van der Waals surface area contributed by atoms with Crippen LogP contribution in [-0.2, 0) is 14.3 Å². The van der Waals surface area contributed by atoms with E-state index >= 15 is 0 Å². The number of ether oxygens (including phenoxy) is 3. The van der Waals surface area contributed by atoms with Crippen LogP contribution in [0.2, 0.25) is 0 Å². The van der Waals surface area contributed by atoms with Gasteiger partial charge >= 0.3 is 5.97 Å². The van der Waals surface area contributed by atoms with Gasteiger partial charge in [0.1, 0.15) is 19.0 Å². The quantitative estimate of drug-likeness (QED) is 0.521. The Hall–Kier alpha value is -1.55. The fourth-order valence-electron chi connectivity index (χ4n) is 1.09. The Morgan fingerprint density at radius 3 is 2.56 bits per heavy atom. The molecule has 0 radical (unpaired) electrons. The highest BCUT2D eigenvalue weighted by molar-refractivity contribution is 5.69. The van der Waals surface area contributed by atoms with Gasteiger partial charge in [-0.15, -0.1) is 0 Å². The van der Waals surface area contributed by atoms with Gasteiger partial charge in [0.15, 0.2) is 0 Å². The van der Waals surface area contributed by atoms with Crippen LogP contribution in [0.1, 0.15) is 6.42 Å². The molecule has 0 amide bonds. The SMILES string of the molecule is COCCC(=O)OCCOc1ccccc1. The molecule has 0 aliphatic heterocycles. The standard InChI is InChI=1S/C12H16O4/c1-14-8-7-12(13)16-10-9-15-11-5-3-2-4-6-11/h2-6H,7-10H2,1H3. The number of methoxy groups -OCH3 is 1. The smallest absolute Gasteiger partial charge is 0.308 e. The lowest BCUT2D eigenvalue weighted by Crippen LogP contribution is -2.13. The zero-order valence-electron chi connectivity index (χ0n) is 9.35. The lowest BCUT2D eigenvalue weighted by atomic mass is 10.3. The monoisotopic (exact) mass is 224 g/mol. The second-order valence-corrected chi connectivity index (χ2v) is 3.12. The van der Waals surface area contributed by atoms with Crippen LogP contribution in [0.5, 0.6) is 5.75 Å². The lowest BCUT2D eigenvalue weighted by molar-refractivity contribution is -0.145. The van der Waals surface area contributed by atoms with Gasteiger partial charge < -0.3 is 14.2 Å². The molecule has 0 N–H and O–H groups in total. The number of carbonyl (C=O) groups excluding carboxylic acids is 1. The van der Waals surface area contributed by atoms with Crippen molar-refractivity contribution in [3.63, 3.8) is 0 Å². The first-order valence-electron chi connectivity index (χ1n) is 5.15. The molecule has 1 aromatic rings. The molecule has 0 aliphatic rings. The lowest BCUT2D eigenvalue weighted by Gasteiger charge is -2.06. The largest absolute Gasteiger partial charge is 0.490 e. The molecule has 1 aromatic carbocycles. The van der Waals surface area contributed by atoms with E-state index < -0.39 is 0 Å². The molecule has 0 heterocycles. The van der Waals surface area contributed by atoms with Crippen molar-refractivity contribution in [2.24, 2.45) is 0 Å². The molecule has 16 heavy (non-hydrogen) atoms. The maximum Gasteiger partial charge on any atom is 0.308 e. The molecule has 0 saturated heterocycles. The molecule has 0 unspecified atom stereocenters. The Bertz CT molecular complexity index is 297. The minimum atomic E-state index is -0.265. The maximum absolute atomic E-state index is 11.1. The first-order valence-corrected chi connectivity index (χ1v) is 5.15. The number of esters is 1. The molecule has 0 aromatic heterocycles. The Morgan fingerprint density at radius 2 is 1.88 bits per heavy atom. The summed E-state index contributed by atoms with van der Waals surface area (Å²) >= 11 is 0. The van der Waals surface area contributed by atoms with Crippen LogP contribution in [0, 0.1) is 0 Å².